The second-order valence-electron chi connectivity index (χ2n) is 8.76. The van der Waals surface area contributed by atoms with E-state index in [-0.39, 0.29) is 22.3 Å². The maximum atomic E-state index is 13.7. The van der Waals surface area contributed by atoms with E-state index in [1.165, 1.54) is 22.2 Å². The zero-order valence-electron chi connectivity index (χ0n) is 17.8. The molecule has 1 aliphatic rings. The molecule has 0 radical (unpaired) electrons. The van der Waals surface area contributed by atoms with Gasteiger partial charge >= 0.3 is 0 Å². The predicted molar refractivity (Wildman–Crippen MR) is 125 cm³/mol. The van der Waals surface area contributed by atoms with E-state index >= 15 is 0 Å². The van der Waals surface area contributed by atoms with Crippen LogP contribution in [0.4, 0.5) is 0 Å². The number of aromatic nitrogens is 2. The predicted octanol–water partition coefficient (Wildman–Crippen LogP) is 4.72. The van der Waals surface area contributed by atoms with Crippen LogP contribution in [0.5, 0.6) is 0 Å². The zero-order chi connectivity index (χ0) is 21.5. The number of benzene rings is 1. The number of thioether (sulfide) groups is 1. The third kappa shape index (κ3) is 4.18. The minimum atomic E-state index is -0.377. The summed E-state index contributed by atoms with van der Waals surface area (Å²) in [4.78, 5) is 33.3. The van der Waals surface area contributed by atoms with Crippen LogP contribution in [0.3, 0.4) is 0 Å². The largest absolute Gasteiger partial charge is 0.351 e. The first kappa shape index (κ1) is 21.1. The molecule has 7 heteroatoms. The molecule has 2 heterocycles. The molecule has 1 N–H and O–H groups in total. The van der Waals surface area contributed by atoms with Gasteiger partial charge < -0.3 is 5.32 Å². The Hall–Kier alpha value is -2.12. The number of para-hydroxylation sites is 1. The average molecular weight is 442 g/mol. The lowest BCUT2D eigenvalue weighted by molar-refractivity contribution is -0.121. The van der Waals surface area contributed by atoms with E-state index < -0.39 is 0 Å². The van der Waals surface area contributed by atoms with E-state index in [0.717, 1.165) is 41.6 Å². The van der Waals surface area contributed by atoms with E-state index in [1.54, 1.807) is 15.9 Å². The molecule has 2 aromatic heterocycles. The van der Waals surface area contributed by atoms with Crippen LogP contribution in [0.1, 0.15) is 51.0 Å². The molecular formula is C23H27N3O2S2. The van der Waals surface area contributed by atoms with Gasteiger partial charge in [-0.2, -0.15) is 0 Å². The van der Waals surface area contributed by atoms with Crippen LogP contribution in [0.25, 0.3) is 15.9 Å². The summed E-state index contributed by atoms with van der Waals surface area (Å²) in [6.07, 6.45) is 4.24. The van der Waals surface area contributed by atoms with Crippen molar-refractivity contribution in [2.45, 2.75) is 69.3 Å². The number of nitrogens with zero attached hydrogens (tertiary/aromatic N) is 2. The number of thiophene rings is 1. The highest BCUT2D eigenvalue weighted by molar-refractivity contribution is 8.00. The molecule has 1 unspecified atom stereocenters. The number of aryl methyl sites for hydroxylation is 2. The topological polar surface area (TPSA) is 64.0 Å². The second-order valence-corrected chi connectivity index (χ2v) is 11.2. The van der Waals surface area contributed by atoms with Gasteiger partial charge in [-0.1, -0.05) is 30.0 Å². The summed E-state index contributed by atoms with van der Waals surface area (Å²) in [6.45, 7) is 7.74. The lowest BCUT2D eigenvalue weighted by Crippen LogP contribution is -2.44. The van der Waals surface area contributed by atoms with Crippen LogP contribution in [-0.4, -0.2) is 26.2 Å². The normalized spacial score (nSPS) is 15.1. The fourth-order valence-electron chi connectivity index (χ4n) is 3.75. The van der Waals surface area contributed by atoms with Crippen molar-refractivity contribution < 1.29 is 4.79 Å². The van der Waals surface area contributed by atoms with Gasteiger partial charge in [-0.15, -0.1) is 11.3 Å². The lowest BCUT2D eigenvalue weighted by atomic mass is 9.97. The van der Waals surface area contributed by atoms with Crippen molar-refractivity contribution in [1.29, 1.82) is 0 Å². The molecule has 3 aromatic rings. The standard InChI is InChI=1S/C23H27N3O2S2/c1-14(19(27)25-23(2,3)4)29-22-24-20-18(16-12-8-9-13-17(16)30-20)21(28)26(22)15-10-6-5-7-11-15/h5-7,10-11,14H,8-9,12-13H2,1-4H3,(H,25,27). The fourth-order valence-corrected chi connectivity index (χ4v) is 5.98. The number of rotatable bonds is 4. The molecule has 1 atom stereocenters. The van der Waals surface area contributed by atoms with Gasteiger partial charge in [0, 0.05) is 10.4 Å². The summed E-state index contributed by atoms with van der Waals surface area (Å²) in [5.41, 5.74) is 1.61. The lowest BCUT2D eigenvalue weighted by Gasteiger charge is -2.23. The van der Waals surface area contributed by atoms with Crippen LogP contribution in [0.15, 0.2) is 40.3 Å². The van der Waals surface area contributed by atoms with Crippen LogP contribution >= 0.6 is 23.1 Å². The highest BCUT2D eigenvalue weighted by Crippen LogP contribution is 2.35. The van der Waals surface area contributed by atoms with Crippen molar-refractivity contribution in [2.75, 3.05) is 0 Å². The Kier molecular flexibility index (Phi) is 5.77. The number of carbonyl (C=O) groups is 1. The Morgan fingerprint density at radius 1 is 1.20 bits per heavy atom. The number of carbonyl (C=O) groups excluding carboxylic acids is 1. The van der Waals surface area contributed by atoms with Gasteiger partial charge in [0.05, 0.1) is 16.3 Å². The fraction of sp³-hybridized carbons (Fsp3) is 0.435. The van der Waals surface area contributed by atoms with E-state index in [9.17, 15) is 9.59 Å². The molecule has 0 saturated carbocycles. The average Bonchev–Trinajstić information content (AvgIpc) is 3.06. The Morgan fingerprint density at radius 2 is 1.90 bits per heavy atom. The van der Waals surface area contributed by atoms with Crippen molar-refractivity contribution in [1.82, 2.24) is 14.9 Å². The molecule has 0 aliphatic heterocycles. The van der Waals surface area contributed by atoms with E-state index in [4.69, 9.17) is 4.98 Å². The summed E-state index contributed by atoms with van der Waals surface area (Å²) >= 11 is 2.97. The number of nitrogens with one attached hydrogen (secondary N) is 1. The van der Waals surface area contributed by atoms with E-state index in [0.29, 0.717) is 5.16 Å². The summed E-state index contributed by atoms with van der Waals surface area (Å²) in [5, 5.41) is 3.96. The van der Waals surface area contributed by atoms with Crippen molar-refractivity contribution in [3.05, 3.63) is 51.1 Å². The maximum absolute atomic E-state index is 13.7. The first-order valence-electron chi connectivity index (χ1n) is 10.4. The van der Waals surface area contributed by atoms with Crippen molar-refractivity contribution in [3.63, 3.8) is 0 Å². The summed E-state index contributed by atoms with van der Waals surface area (Å²) in [5.74, 6) is -0.0630. The highest BCUT2D eigenvalue weighted by Gasteiger charge is 2.26. The van der Waals surface area contributed by atoms with Crippen LogP contribution < -0.4 is 10.9 Å². The van der Waals surface area contributed by atoms with Gasteiger partial charge in [-0.3, -0.25) is 14.2 Å². The second kappa shape index (κ2) is 8.19. The molecule has 0 spiro atoms. The molecular weight excluding hydrogens is 414 g/mol. The SMILES string of the molecule is CC(Sc1nc2sc3c(c2c(=O)n1-c1ccccc1)CCCC3)C(=O)NC(C)(C)C. The van der Waals surface area contributed by atoms with Crippen LogP contribution in [-0.2, 0) is 17.6 Å². The third-order valence-corrected chi connectivity index (χ3v) is 7.36. The van der Waals surface area contributed by atoms with E-state index in [1.807, 2.05) is 58.0 Å². The molecule has 4 rings (SSSR count). The number of hydrogen-bond acceptors (Lipinski definition) is 5. The molecule has 158 valence electrons. The van der Waals surface area contributed by atoms with Gasteiger partial charge in [0.25, 0.3) is 5.56 Å². The molecule has 1 amide bonds. The molecule has 30 heavy (non-hydrogen) atoms. The monoisotopic (exact) mass is 441 g/mol. The van der Waals surface area contributed by atoms with E-state index in [2.05, 4.69) is 5.32 Å². The molecule has 0 fully saturated rings. The summed E-state index contributed by atoms with van der Waals surface area (Å²) < 4.78 is 1.68. The maximum Gasteiger partial charge on any atom is 0.267 e. The van der Waals surface area contributed by atoms with Gasteiger partial charge in [0.1, 0.15) is 4.83 Å². The summed E-state index contributed by atoms with van der Waals surface area (Å²) in [7, 11) is 0. The number of amides is 1. The quantitative estimate of drug-likeness (QED) is 0.470. The van der Waals surface area contributed by atoms with Gasteiger partial charge in [-0.25, -0.2) is 4.98 Å². The molecule has 0 saturated heterocycles. The Morgan fingerprint density at radius 3 is 2.60 bits per heavy atom. The number of hydrogen-bond donors (Lipinski definition) is 1. The molecule has 0 bridgehead atoms. The van der Waals surface area contributed by atoms with Crippen molar-refractivity contribution in [3.8, 4) is 5.69 Å². The smallest absolute Gasteiger partial charge is 0.267 e. The Balaban J connectivity index is 1.84. The Bertz CT molecular complexity index is 1140. The number of fused-ring (bicyclic) bond motifs is 3. The zero-order valence-corrected chi connectivity index (χ0v) is 19.5. The van der Waals surface area contributed by atoms with Crippen molar-refractivity contribution in [2.24, 2.45) is 0 Å². The minimum absolute atomic E-state index is 0.0310. The molecule has 1 aromatic carbocycles. The highest BCUT2D eigenvalue weighted by atomic mass is 32.2. The molecule has 5 nitrogen and oxygen atoms in total. The van der Waals surface area contributed by atoms with Gasteiger partial charge in [0.15, 0.2) is 5.16 Å². The Labute approximate surface area is 184 Å². The first-order chi connectivity index (χ1) is 14.2. The summed E-state index contributed by atoms with van der Waals surface area (Å²) in [6, 6.07) is 9.59. The third-order valence-electron chi connectivity index (χ3n) is 5.12. The van der Waals surface area contributed by atoms with Gasteiger partial charge in [-0.05, 0) is 71.1 Å². The van der Waals surface area contributed by atoms with Crippen molar-refractivity contribution >= 4 is 39.2 Å². The van der Waals surface area contributed by atoms with Crippen LogP contribution in [0, 0.1) is 0 Å². The minimum Gasteiger partial charge on any atom is -0.351 e. The molecule has 1 aliphatic carbocycles. The van der Waals surface area contributed by atoms with Gasteiger partial charge in [0.2, 0.25) is 5.91 Å². The van der Waals surface area contributed by atoms with Crippen LogP contribution in [0.2, 0.25) is 0 Å². The first-order valence-corrected chi connectivity index (χ1v) is 12.1.